The lowest BCUT2D eigenvalue weighted by Crippen LogP contribution is -1.95. The summed E-state index contributed by atoms with van der Waals surface area (Å²) in [6, 6.07) is 25.7. The molecule has 4 nitrogen and oxygen atoms in total. The molecule has 0 aliphatic carbocycles. The predicted octanol–water partition coefficient (Wildman–Crippen LogP) is 5.57. The van der Waals surface area contributed by atoms with Crippen LogP contribution in [-0.4, -0.2) is 22.2 Å². The smallest absolute Gasteiger partial charge is 0.335 e. The average molecular weight is 368 g/mol. The zero-order valence-electron chi connectivity index (χ0n) is 14.8. The van der Waals surface area contributed by atoms with E-state index in [1.54, 1.807) is 24.3 Å². The number of rotatable bonds is 4. The maximum Gasteiger partial charge on any atom is 0.335 e. The van der Waals surface area contributed by atoms with Crippen LogP contribution in [0, 0.1) is 0 Å². The highest BCUT2D eigenvalue weighted by Gasteiger charge is 2.10. The fraction of sp³-hybridized carbons (Fsp3) is 0. The van der Waals surface area contributed by atoms with Crippen LogP contribution in [0.5, 0.6) is 0 Å². The van der Waals surface area contributed by atoms with Crippen molar-refractivity contribution in [3.63, 3.8) is 0 Å². The third-order valence-electron chi connectivity index (χ3n) is 4.81. The average Bonchev–Trinajstić information content (AvgIpc) is 2.73. The normalized spacial score (nSPS) is 10.7. The molecule has 0 aliphatic rings. The summed E-state index contributed by atoms with van der Waals surface area (Å²) in [5.74, 6) is -1.90. The monoisotopic (exact) mass is 368 g/mol. The van der Waals surface area contributed by atoms with Gasteiger partial charge < -0.3 is 10.2 Å². The maximum absolute atomic E-state index is 11.1. The molecule has 0 amide bonds. The Morgan fingerprint density at radius 1 is 0.500 bits per heavy atom. The predicted molar refractivity (Wildman–Crippen MR) is 109 cm³/mol. The van der Waals surface area contributed by atoms with E-state index in [-0.39, 0.29) is 11.1 Å². The van der Waals surface area contributed by atoms with Crippen molar-refractivity contribution in [3.8, 4) is 22.3 Å². The lowest BCUT2D eigenvalue weighted by molar-refractivity contribution is 0.0686. The molecule has 136 valence electrons. The number of benzene rings is 4. The molecule has 0 atom stereocenters. The van der Waals surface area contributed by atoms with Crippen molar-refractivity contribution in [2.24, 2.45) is 0 Å². The van der Waals surface area contributed by atoms with Gasteiger partial charge in [-0.3, -0.25) is 0 Å². The second-order valence-electron chi connectivity index (χ2n) is 6.47. The number of hydrogen-bond donors (Lipinski definition) is 2. The number of carboxylic acids is 2. The van der Waals surface area contributed by atoms with Gasteiger partial charge in [0.15, 0.2) is 0 Å². The quantitative estimate of drug-likeness (QED) is 0.494. The SMILES string of the molecule is O=C(O)c1ccc(-c2cccc3c(-c4ccc(C(=O)O)cc4)cccc23)cc1. The third-order valence-corrected chi connectivity index (χ3v) is 4.81. The van der Waals surface area contributed by atoms with Crippen LogP contribution in [0.4, 0.5) is 0 Å². The zero-order chi connectivity index (χ0) is 19.7. The Hall–Kier alpha value is -3.92. The van der Waals surface area contributed by atoms with Gasteiger partial charge in [0.2, 0.25) is 0 Å². The van der Waals surface area contributed by atoms with Gasteiger partial charge in [0.05, 0.1) is 11.1 Å². The second-order valence-corrected chi connectivity index (χ2v) is 6.47. The van der Waals surface area contributed by atoms with E-state index in [4.69, 9.17) is 10.2 Å². The zero-order valence-corrected chi connectivity index (χ0v) is 14.8. The molecule has 0 unspecified atom stereocenters. The summed E-state index contributed by atoms with van der Waals surface area (Å²) >= 11 is 0. The summed E-state index contributed by atoms with van der Waals surface area (Å²) in [7, 11) is 0. The lowest BCUT2D eigenvalue weighted by Gasteiger charge is -2.12. The lowest BCUT2D eigenvalue weighted by atomic mass is 9.92. The molecule has 0 heterocycles. The molecular formula is C24H16O4. The Morgan fingerprint density at radius 2 is 0.857 bits per heavy atom. The maximum atomic E-state index is 11.1. The van der Waals surface area contributed by atoms with Gasteiger partial charge in [-0.2, -0.15) is 0 Å². The Balaban J connectivity index is 1.84. The van der Waals surface area contributed by atoms with E-state index >= 15 is 0 Å². The molecule has 0 aliphatic heterocycles. The summed E-state index contributed by atoms with van der Waals surface area (Å²) in [6.45, 7) is 0. The molecule has 0 radical (unpaired) electrons. The van der Waals surface area contributed by atoms with Gasteiger partial charge in [-0.25, -0.2) is 9.59 Å². The van der Waals surface area contributed by atoms with Gasteiger partial charge in [0, 0.05) is 0 Å². The van der Waals surface area contributed by atoms with Gasteiger partial charge >= 0.3 is 11.9 Å². The molecular weight excluding hydrogens is 352 g/mol. The Morgan fingerprint density at radius 3 is 1.18 bits per heavy atom. The van der Waals surface area contributed by atoms with Gasteiger partial charge in [-0.05, 0) is 57.3 Å². The molecule has 0 bridgehead atoms. The fourth-order valence-electron chi connectivity index (χ4n) is 3.40. The molecule has 0 spiro atoms. The van der Waals surface area contributed by atoms with E-state index in [2.05, 4.69) is 0 Å². The number of fused-ring (bicyclic) bond motifs is 1. The number of carboxylic acid groups (broad SMARTS) is 2. The van der Waals surface area contributed by atoms with Gasteiger partial charge in [0.25, 0.3) is 0 Å². The van der Waals surface area contributed by atoms with Crippen molar-refractivity contribution in [2.75, 3.05) is 0 Å². The van der Waals surface area contributed by atoms with E-state index in [0.29, 0.717) is 0 Å². The molecule has 0 saturated heterocycles. The van der Waals surface area contributed by atoms with Crippen LogP contribution in [-0.2, 0) is 0 Å². The van der Waals surface area contributed by atoms with E-state index in [9.17, 15) is 9.59 Å². The molecule has 4 aromatic carbocycles. The van der Waals surface area contributed by atoms with Gasteiger partial charge in [-0.1, -0.05) is 60.7 Å². The van der Waals surface area contributed by atoms with Crippen LogP contribution in [0.1, 0.15) is 20.7 Å². The first-order chi connectivity index (χ1) is 13.5. The summed E-state index contributed by atoms with van der Waals surface area (Å²) < 4.78 is 0. The first kappa shape index (κ1) is 17.5. The van der Waals surface area contributed by atoms with E-state index in [1.807, 2.05) is 60.7 Å². The van der Waals surface area contributed by atoms with Crippen molar-refractivity contribution in [1.29, 1.82) is 0 Å². The molecule has 0 fully saturated rings. The molecule has 4 rings (SSSR count). The molecule has 2 N–H and O–H groups in total. The number of carbonyl (C=O) groups is 2. The van der Waals surface area contributed by atoms with E-state index in [0.717, 1.165) is 33.0 Å². The van der Waals surface area contributed by atoms with E-state index in [1.165, 1.54) is 0 Å². The van der Waals surface area contributed by atoms with Gasteiger partial charge in [0.1, 0.15) is 0 Å². The van der Waals surface area contributed by atoms with Crippen molar-refractivity contribution < 1.29 is 19.8 Å². The van der Waals surface area contributed by atoms with Crippen LogP contribution < -0.4 is 0 Å². The molecule has 4 aromatic rings. The molecule has 4 heteroatoms. The van der Waals surface area contributed by atoms with Crippen molar-refractivity contribution in [3.05, 3.63) is 96.1 Å². The second kappa shape index (κ2) is 7.00. The highest BCUT2D eigenvalue weighted by Crippen LogP contribution is 2.34. The van der Waals surface area contributed by atoms with Crippen LogP contribution in [0.3, 0.4) is 0 Å². The minimum Gasteiger partial charge on any atom is -0.478 e. The minimum absolute atomic E-state index is 0.253. The van der Waals surface area contributed by atoms with Crippen LogP contribution in [0.15, 0.2) is 84.9 Å². The Kier molecular flexibility index (Phi) is 4.38. The van der Waals surface area contributed by atoms with Crippen molar-refractivity contribution in [1.82, 2.24) is 0 Å². The standard InChI is InChI=1S/C24H16O4/c25-23(26)17-11-7-15(8-12-17)19-3-1-5-21-20(4-2-6-22(19)21)16-9-13-18(14-10-16)24(27)28/h1-14H,(H,25,26)(H,27,28). The minimum atomic E-state index is -0.948. The first-order valence-electron chi connectivity index (χ1n) is 8.74. The number of aromatic carboxylic acids is 2. The van der Waals surface area contributed by atoms with Crippen molar-refractivity contribution in [2.45, 2.75) is 0 Å². The van der Waals surface area contributed by atoms with E-state index < -0.39 is 11.9 Å². The topological polar surface area (TPSA) is 74.6 Å². The van der Waals surface area contributed by atoms with Crippen LogP contribution in [0.25, 0.3) is 33.0 Å². The summed E-state index contributed by atoms with van der Waals surface area (Å²) in [4.78, 5) is 22.2. The summed E-state index contributed by atoms with van der Waals surface area (Å²) in [5, 5.41) is 20.3. The molecule has 28 heavy (non-hydrogen) atoms. The summed E-state index contributed by atoms with van der Waals surface area (Å²) in [6.07, 6.45) is 0. The van der Waals surface area contributed by atoms with Crippen LogP contribution >= 0.6 is 0 Å². The first-order valence-corrected chi connectivity index (χ1v) is 8.74. The van der Waals surface area contributed by atoms with Crippen molar-refractivity contribution >= 4 is 22.7 Å². The molecule has 0 saturated carbocycles. The summed E-state index contributed by atoms with van der Waals surface area (Å²) in [5.41, 5.74) is 4.41. The number of hydrogen-bond acceptors (Lipinski definition) is 2. The molecule has 0 aromatic heterocycles. The highest BCUT2D eigenvalue weighted by molar-refractivity contribution is 6.04. The Labute approximate surface area is 161 Å². The largest absolute Gasteiger partial charge is 0.478 e. The highest BCUT2D eigenvalue weighted by atomic mass is 16.4. The Bertz CT molecular complexity index is 1090. The van der Waals surface area contributed by atoms with Crippen LogP contribution in [0.2, 0.25) is 0 Å². The third kappa shape index (κ3) is 3.12. The fourth-order valence-corrected chi connectivity index (χ4v) is 3.40. The van der Waals surface area contributed by atoms with Gasteiger partial charge in [-0.15, -0.1) is 0 Å².